The van der Waals surface area contributed by atoms with Crippen molar-refractivity contribution in [2.24, 2.45) is 0 Å². The van der Waals surface area contributed by atoms with Gasteiger partial charge in [-0.2, -0.15) is 10.4 Å². The minimum Gasteiger partial charge on any atom is -0.460 e. The fourth-order valence-corrected chi connectivity index (χ4v) is 3.47. The van der Waals surface area contributed by atoms with Gasteiger partial charge in [-0.1, -0.05) is 0 Å². The van der Waals surface area contributed by atoms with Crippen LogP contribution in [0.1, 0.15) is 12.2 Å². The lowest BCUT2D eigenvalue weighted by molar-refractivity contribution is 0.545. The van der Waals surface area contributed by atoms with Crippen LogP contribution in [0.4, 0.5) is 0 Å². The van der Waals surface area contributed by atoms with Gasteiger partial charge in [-0.25, -0.2) is 4.98 Å². The lowest BCUT2D eigenvalue weighted by Gasteiger charge is -2.07. The molecule has 0 bridgehead atoms. The van der Waals surface area contributed by atoms with Gasteiger partial charge >= 0.3 is 0 Å². The standard InChI is InChI=1S/C20H16N6O/c1-13-3-4-18(27-13)17-9-14-10-23-20-16(5-7-22-20)19(14)26(17)15-11-24-25(12-15)8-2-6-21/h3-5,7,9-12H,2,8H2,1H3,(H,22,23). The number of aromatic nitrogens is 5. The topological polar surface area (TPSA) is 88.4 Å². The summed E-state index contributed by atoms with van der Waals surface area (Å²) in [5, 5.41) is 15.3. The second-order valence-corrected chi connectivity index (χ2v) is 6.45. The number of nitrogens with zero attached hydrogens (tertiary/aromatic N) is 5. The number of aryl methyl sites for hydroxylation is 2. The Morgan fingerprint density at radius 3 is 3.00 bits per heavy atom. The van der Waals surface area contributed by atoms with Crippen LogP contribution in [0.2, 0.25) is 0 Å². The highest BCUT2D eigenvalue weighted by Crippen LogP contribution is 2.35. The van der Waals surface area contributed by atoms with E-state index in [-0.39, 0.29) is 0 Å². The first-order valence-electron chi connectivity index (χ1n) is 8.69. The third kappa shape index (κ3) is 2.42. The predicted molar refractivity (Wildman–Crippen MR) is 101 cm³/mol. The van der Waals surface area contributed by atoms with Crippen LogP contribution in [0.15, 0.2) is 53.5 Å². The Bertz CT molecular complexity index is 1310. The first-order valence-corrected chi connectivity index (χ1v) is 8.69. The minimum absolute atomic E-state index is 0.420. The van der Waals surface area contributed by atoms with Gasteiger partial charge in [0, 0.05) is 29.4 Å². The molecule has 5 aromatic rings. The molecule has 0 amide bonds. The highest BCUT2D eigenvalue weighted by atomic mass is 16.3. The van der Waals surface area contributed by atoms with Gasteiger partial charge in [-0.05, 0) is 31.2 Å². The fraction of sp³-hybridized carbons (Fsp3) is 0.150. The Morgan fingerprint density at radius 2 is 2.19 bits per heavy atom. The van der Waals surface area contributed by atoms with Gasteiger partial charge in [0.25, 0.3) is 0 Å². The molecule has 5 heterocycles. The molecule has 0 spiro atoms. The predicted octanol–water partition coefficient (Wildman–Crippen LogP) is 4.19. The molecule has 5 rings (SSSR count). The monoisotopic (exact) mass is 356 g/mol. The first kappa shape index (κ1) is 15.5. The van der Waals surface area contributed by atoms with E-state index in [9.17, 15) is 0 Å². The molecule has 0 radical (unpaired) electrons. The average Bonchev–Trinajstić information content (AvgIpc) is 3.43. The van der Waals surface area contributed by atoms with Gasteiger partial charge < -0.3 is 14.0 Å². The zero-order chi connectivity index (χ0) is 18.4. The zero-order valence-corrected chi connectivity index (χ0v) is 14.7. The summed E-state index contributed by atoms with van der Waals surface area (Å²) in [6.45, 7) is 2.49. The van der Waals surface area contributed by atoms with Crippen molar-refractivity contribution in [2.75, 3.05) is 0 Å². The Balaban J connectivity index is 1.80. The number of rotatable bonds is 4. The second-order valence-electron chi connectivity index (χ2n) is 6.45. The van der Waals surface area contributed by atoms with E-state index in [1.165, 1.54) is 0 Å². The molecule has 0 aliphatic rings. The lowest BCUT2D eigenvalue weighted by atomic mass is 10.2. The van der Waals surface area contributed by atoms with Crippen LogP contribution in [0, 0.1) is 18.3 Å². The van der Waals surface area contributed by atoms with E-state index in [4.69, 9.17) is 9.68 Å². The zero-order valence-electron chi connectivity index (χ0n) is 14.7. The van der Waals surface area contributed by atoms with E-state index in [0.717, 1.165) is 44.8 Å². The molecule has 0 atom stereocenters. The van der Waals surface area contributed by atoms with E-state index in [0.29, 0.717) is 13.0 Å². The molecule has 7 heteroatoms. The Hall–Kier alpha value is -3.79. The van der Waals surface area contributed by atoms with E-state index >= 15 is 0 Å². The molecule has 0 saturated heterocycles. The normalized spacial score (nSPS) is 11.4. The smallest absolute Gasteiger partial charge is 0.151 e. The average molecular weight is 356 g/mol. The van der Waals surface area contributed by atoms with Crippen LogP contribution in [-0.4, -0.2) is 24.3 Å². The van der Waals surface area contributed by atoms with Crippen molar-refractivity contribution < 1.29 is 4.42 Å². The van der Waals surface area contributed by atoms with Crippen LogP contribution >= 0.6 is 0 Å². The summed E-state index contributed by atoms with van der Waals surface area (Å²) >= 11 is 0. The number of fused-ring (bicyclic) bond motifs is 3. The summed E-state index contributed by atoms with van der Waals surface area (Å²) in [6.07, 6.45) is 7.94. The van der Waals surface area contributed by atoms with Crippen molar-refractivity contribution in [3.63, 3.8) is 0 Å². The maximum Gasteiger partial charge on any atom is 0.151 e. The quantitative estimate of drug-likeness (QED) is 0.523. The Labute approximate surface area is 154 Å². The number of H-pyrrole nitrogens is 1. The number of hydrogen-bond donors (Lipinski definition) is 1. The van der Waals surface area contributed by atoms with Gasteiger partial charge in [0.2, 0.25) is 0 Å². The summed E-state index contributed by atoms with van der Waals surface area (Å²) in [5.41, 5.74) is 3.74. The molecule has 0 fully saturated rings. The van der Waals surface area contributed by atoms with Crippen molar-refractivity contribution >= 4 is 21.9 Å². The van der Waals surface area contributed by atoms with Gasteiger partial charge in [0.15, 0.2) is 5.76 Å². The molecule has 5 aromatic heterocycles. The Kier molecular flexibility index (Phi) is 3.37. The minimum atomic E-state index is 0.420. The van der Waals surface area contributed by atoms with Crippen LogP contribution in [0.25, 0.3) is 39.1 Å². The summed E-state index contributed by atoms with van der Waals surface area (Å²) in [7, 11) is 0. The van der Waals surface area contributed by atoms with E-state index in [1.807, 2.05) is 49.9 Å². The fourth-order valence-electron chi connectivity index (χ4n) is 3.47. The number of pyridine rings is 1. The molecule has 27 heavy (non-hydrogen) atoms. The molecular formula is C20H16N6O. The summed E-state index contributed by atoms with van der Waals surface area (Å²) in [5.74, 6) is 1.65. The van der Waals surface area contributed by atoms with E-state index in [2.05, 4.69) is 31.8 Å². The van der Waals surface area contributed by atoms with Gasteiger partial charge in [-0.3, -0.25) is 4.68 Å². The largest absolute Gasteiger partial charge is 0.460 e. The number of aromatic amines is 1. The molecule has 0 saturated carbocycles. The molecule has 0 aromatic carbocycles. The molecule has 1 N–H and O–H groups in total. The first-order chi connectivity index (χ1) is 13.2. The van der Waals surface area contributed by atoms with Crippen molar-refractivity contribution in [3.8, 4) is 23.2 Å². The number of nitrogens with one attached hydrogen (secondary N) is 1. The van der Waals surface area contributed by atoms with Crippen molar-refractivity contribution in [1.82, 2.24) is 24.3 Å². The molecule has 7 nitrogen and oxygen atoms in total. The van der Waals surface area contributed by atoms with Crippen LogP contribution < -0.4 is 0 Å². The van der Waals surface area contributed by atoms with Gasteiger partial charge in [0.1, 0.15) is 11.4 Å². The van der Waals surface area contributed by atoms with Crippen LogP contribution in [0.5, 0.6) is 0 Å². The van der Waals surface area contributed by atoms with E-state index < -0.39 is 0 Å². The molecule has 0 aliphatic carbocycles. The molecule has 132 valence electrons. The third-order valence-electron chi connectivity index (χ3n) is 4.67. The number of nitriles is 1. The molecule has 0 aliphatic heterocycles. The second kappa shape index (κ2) is 5.88. The SMILES string of the molecule is Cc1ccc(-c2cc3cnc4[nH]ccc4c3n2-c2cnn(CCC#N)c2)o1. The molecular weight excluding hydrogens is 340 g/mol. The maximum atomic E-state index is 8.83. The molecule has 0 unspecified atom stereocenters. The van der Waals surface area contributed by atoms with Crippen LogP contribution in [-0.2, 0) is 6.54 Å². The number of hydrogen-bond acceptors (Lipinski definition) is 4. The summed E-state index contributed by atoms with van der Waals surface area (Å²) in [4.78, 5) is 7.68. The van der Waals surface area contributed by atoms with E-state index in [1.54, 1.807) is 4.68 Å². The van der Waals surface area contributed by atoms with Gasteiger partial charge in [0.05, 0.1) is 42.1 Å². The number of furan rings is 1. The van der Waals surface area contributed by atoms with Crippen molar-refractivity contribution in [2.45, 2.75) is 19.9 Å². The summed E-state index contributed by atoms with van der Waals surface area (Å²) < 4.78 is 9.84. The highest BCUT2D eigenvalue weighted by Gasteiger charge is 2.19. The third-order valence-corrected chi connectivity index (χ3v) is 4.67. The van der Waals surface area contributed by atoms with Crippen molar-refractivity contribution in [1.29, 1.82) is 5.26 Å². The van der Waals surface area contributed by atoms with Crippen molar-refractivity contribution in [3.05, 3.63) is 54.8 Å². The van der Waals surface area contributed by atoms with Gasteiger partial charge in [-0.15, -0.1) is 0 Å². The maximum absolute atomic E-state index is 8.83. The lowest BCUT2D eigenvalue weighted by Crippen LogP contribution is -1.98. The summed E-state index contributed by atoms with van der Waals surface area (Å²) in [6, 6.07) is 10.2. The Morgan fingerprint density at radius 1 is 1.26 bits per heavy atom. The highest BCUT2D eigenvalue weighted by molar-refractivity contribution is 6.05. The van der Waals surface area contributed by atoms with Crippen LogP contribution in [0.3, 0.4) is 0 Å².